The molecule has 1 amide bonds. The Bertz CT molecular complexity index is 822. The summed E-state index contributed by atoms with van der Waals surface area (Å²) in [7, 11) is 0. The van der Waals surface area contributed by atoms with Crippen LogP contribution in [0.25, 0.3) is 0 Å². The Morgan fingerprint density at radius 1 is 1.23 bits per heavy atom. The van der Waals surface area contributed by atoms with E-state index in [0.29, 0.717) is 23.7 Å². The molecule has 1 aromatic heterocycles. The number of benzene rings is 1. The van der Waals surface area contributed by atoms with Crippen LogP contribution in [0.15, 0.2) is 47.4 Å². The van der Waals surface area contributed by atoms with Crippen LogP contribution in [0.5, 0.6) is 0 Å². The molecule has 0 spiro atoms. The van der Waals surface area contributed by atoms with E-state index in [1.165, 1.54) is 6.07 Å². The van der Waals surface area contributed by atoms with Crippen molar-refractivity contribution in [1.29, 1.82) is 0 Å². The van der Waals surface area contributed by atoms with E-state index in [-0.39, 0.29) is 35.8 Å². The molecule has 3 N–H and O–H groups in total. The van der Waals surface area contributed by atoms with E-state index in [1.54, 1.807) is 22.9 Å². The maximum absolute atomic E-state index is 12.4. The molecule has 1 aliphatic rings. The van der Waals surface area contributed by atoms with Gasteiger partial charge in [0.25, 0.3) is 5.56 Å². The van der Waals surface area contributed by atoms with Gasteiger partial charge in [0.15, 0.2) is 0 Å². The molecule has 7 heteroatoms. The fraction of sp³-hybridized carbons (Fsp3) is 0.368. The molecular weight excluding hydrogens is 373 g/mol. The van der Waals surface area contributed by atoms with Gasteiger partial charge in [0.2, 0.25) is 5.91 Å². The standard InChI is InChI=1S/C19H22ClN3O2.ClH/c20-17-7-2-1-4-14(17)11-23-12-16(8-9-18(23)24)22-19(25)13-5-3-6-15(21)10-13;/h1-2,4,7-9,12-13,15H,3,5-6,10-11,21H2,(H,22,25);1H. The van der Waals surface area contributed by atoms with Crippen LogP contribution in [-0.4, -0.2) is 16.5 Å². The highest BCUT2D eigenvalue weighted by Crippen LogP contribution is 2.24. The second-order valence-corrected chi connectivity index (χ2v) is 7.00. The summed E-state index contributed by atoms with van der Waals surface area (Å²) in [4.78, 5) is 24.6. The lowest BCUT2D eigenvalue weighted by atomic mass is 9.85. The quantitative estimate of drug-likeness (QED) is 0.832. The van der Waals surface area contributed by atoms with Crippen molar-refractivity contribution in [2.24, 2.45) is 11.7 Å². The number of hydrogen-bond donors (Lipinski definition) is 2. The van der Waals surface area contributed by atoms with Gasteiger partial charge in [0, 0.05) is 29.2 Å². The number of carbonyl (C=O) groups excluding carboxylic acids is 1. The maximum atomic E-state index is 12.4. The van der Waals surface area contributed by atoms with E-state index in [9.17, 15) is 9.59 Å². The lowest BCUT2D eigenvalue weighted by molar-refractivity contribution is -0.120. The monoisotopic (exact) mass is 395 g/mol. The third-order valence-corrected chi connectivity index (χ3v) is 5.00. The van der Waals surface area contributed by atoms with Gasteiger partial charge in [-0.1, -0.05) is 36.2 Å². The number of pyridine rings is 1. The van der Waals surface area contributed by atoms with E-state index in [1.807, 2.05) is 18.2 Å². The van der Waals surface area contributed by atoms with Gasteiger partial charge in [-0.15, -0.1) is 12.4 Å². The van der Waals surface area contributed by atoms with E-state index < -0.39 is 0 Å². The zero-order chi connectivity index (χ0) is 17.8. The van der Waals surface area contributed by atoms with Crippen LogP contribution in [0.4, 0.5) is 5.69 Å². The van der Waals surface area contributed by atoms with Crippen molar-refractivity contribution in [3.63, 3.8) is 0 Å². The Morgan fingerprint density at radius 3 is 2.73 bits per heavy atom. The predicted molar refractivity (Wildman–Crippen MR) is 107 cm³/mol. The minimum atomic E-state index is -0.141. The van der Waals surface area contributed by atoms with Crippen LogP contribution >= 0.6 is 24.0 Å². The summed E-state index contributed by atoms with van der Waals surface area (Å²) in [5.74, 6) is -0.0919. The Labute approximate surface area is 164 Å². The van der Waals surface area contributed by atoms with Crippen molar-refractivity contribution >= 4 is 35.6 Å². The SMILES string of the molecule is Cl.NC1CCCC(C(=O)Nc2ccc(=O)n(Cc3ccccc3Cl)c2)C1. The van der Waals surface area contributed by atoms with Crippen LogP contribution in [-0.2, 0) is 11.3 Å². The lowest BCUT2D eigenvalue weighted by Crippen LogP contribution is -2.34. The number of nitrogens with one attached hydrogen (secondary N) is 1. The minimum Gasteiger partial charge on any atom is -0.328 e. The van der Waals surface area contributed by atoms with Crippen molar-refractivity contribution in [2.45, 2.75) is 38.3 Å². The Kier molecular flexibility index (Phi) is 7.26. The number of nitrogens with two attached hydrogens (primary N) is 1. The molecule has 1 fully saturated rings. The molecule has 2 atom stereocenters. The normalized spacial score (nSPS) is 19.5. The summed E-state index contributed by atoms with van der Waals surface area (Å²) in [6.07, 6.45) is 5.19. The second kappa shape index (κ2) is 9.21. The average molecular weight is 396 g/mol. The van der Waals surface area contributed by atoms with E-state index >= 15 is 0 Å². The third kappa shape index (κ3) is 5.10. The number of hydrogen-bond acceptors (Lipinski definition) is 3. The van der Waals surface area contributed by atoms with Gasteiger partial charge in [0.05, 0.1) is 12.2 Å². The topological polar surface area (TPSA) is 77.1 Å². The van der Waals surface area contributed by atoms with Crippen LogP contribution in [0.3, 0.4) is 0 Å². The molecule has 0 radical (unpaired) electrons. The molecule has 2 unspecified atom stereocenters. The molecule has 0 bridgehead atoms. The molecule has 1 aliphatic carbocycles. The van der Waals surface area contributed by atoms with Crippen LogP contribution in [0, 0.1) is 5.92 Å². The highest BCUT2D eigenvalue weighted by atomic mass is 35.5. The molecule has 3 rings (SSSR count). The van der Waals surface area contributed by atoms with Gasteiger partial charge in [0.1, 0.15) is 0 Å². The second-order valence-electron chi connectivity index (χ2n) is 6.59. The number of anilines is 1. The number of nitrogens with zero attached hydrogens (tertiary/aromatic N) is 1. The van der Waals surface area contributed by atoms with Gasteiger partial charge in [-0.05, 0) is 37.0 Å². The fourth-order valence-corrected chi connectivity index (χ4v) is 3.44. The largest absolute Gasteiger partial charge is 0.328 e. The average Bonchev–Trinajstić information content (AvgIpc) is 2.60. The summed E-state index contributed by atoms with van der Waals surface area (Å²) in [5, 5.41) is 3.52. The van der Waals surface area contributed by atoms with Crippen LogP contribution in [0.2, 0.25) is 5.02 Å². The zero-order valence-electron chi connectivity index (χ0n) is 14.4. The van der Waals surface area contributed by atoms with Gasteiger partial charge in [-0.3, -0.25) is 9.59 Å². The van der Waals surface area contributed by atoms with Crippen molar-refractivity contribution < 1.29 is 4.79 Å². The van der Waals surface area contributed by atoms with Gasteiger partial charge in [-0.25, -0.2) is 0 Å². The maximum Gasteiger partial charge on any atom is 0.250 e. The van der Waals surface area contributed by atoms with Gasteiger partial charge >= 0.3 is 0 Å². The number of carbonyl (C=O) groups is 1. The molecule has 26 heavy (non-hydrogen) atoms. The Morgan fingerprint density at radius 2 is 2.00 bits per heavy atom. The molecule has 0 saturated heterocycles. The molecule has 1 heterocycles. The molecule has 1 aromatic carbocycles. The van der Waals surface area contributed by atoms with Crippen molar-refractivity contribution in [3.05, 3.63) is 63.5 Å². The van der Waals surface area contributed by atoms with Crippen LogP contribution < -0.4 is 16.6 Å². The lowest BCUT2D eigenvalue weighted by Gasteiger charge is -2.25. The van der Waals surface area contributed by atoms with Gasteiger partial charge in [-0.2, -0.15) is 0 Å². The van der Waals surface area contributed by atoms with Crippen molar-refractivity contribution in [2.75, 3.05) is 5.32 Å². The number of amides is 1. The number of aromatic nitrogens is 1. The van der Waals surface area contributed by atoms with E-state index in [0.717, 1.165) is 24.8 Å². The first-order valence-electron chi connectivity index (χ1n) is 8.53. The molecule has 1 saturated carbocycles. The highest BCUT2D eigenvalue weighted by Gasteiger charge is 2.25. The van der Waals surface area contributed by atoms with Crippen molar-refractivity contribution in [3.8, 4) is 0 Å². The predicted octanol–water partition coefficient (Wildman–Crippen LogP) is 3.43. The smallest absolute Gasteiger partial charge is 0.250 e. The molecule has 5 nitrogen and oxygen atoms in total. The first kappa shape index (κ1) is 20.5. The Hall–Kier alpha value is -1.82. The van der Waals surface area contributed by atoms with Gasteiger partial charge < -0.3 is 15.6 Å². The van der Waals surface area contributed by atoms with Crippen molar-refractivity contribution in [1.82, 2.24) is 4.57 Å². The first-order chi connectivity index (χ1) is 12.0. The van der Waals surface area contributed by atoms with Crippen LogP contribution in [0.1, 0.15) is 31.2 Å². The Balaban J connectivity index is 0.00000243. The summed E-state index contributed by atoms with van der Waals surface area (Å²) in [6, 6.07) is 10.6. The summed E-state index contributed by atoms with van der Waals surface area (Å²) < 4.78 is 1.55. The third-order valence-electron chi connectivity index (χ3n) is 4.64. The molecule has 140 valence electrons. The summed E-state index contributed by atoms with van der Waals surface area (Å²) in [6.45, 7) is 0.358. The first-order valence-corrected chi connectivity index (χ1v) is 8.91. The number of halogens is 2. The summed E-state index contributed by atoms with van der Waals surface area (Å²) in [5.41, 5.74) is 7.28. The number of rotatable bonds is 4. The fourth-order valence-electron chi connectivity index (χ4n) is 3.25. The molecule has 0 aliphatic heterocycles. The molecular formula is C19H23Cl2N3O2. The van der Waals surface area contributed by atoms with E-state index in [2.05, 4.69) is 5.32 Å². The highest BCUT2D eigenvalue weighted by molar-refractivity contribution is 6.31. The van der Waals surface area contributed by atoms with E-state index in [4.69, 9.17) is 17.3 Å². The zero-order valence-corrected chi connectivity index (χ0v) is 15.9. The summed E-state index contributed by atoms with van der Waals surface area (Å²) >= 11 is 6.17. The minimum absolute atomic E-state index is 0. The molecule has 2 aromatic rings.